The van der Waals surface area contributed by atoms with E-state index >= 15 is 0 Å². The molecule has 2 aromatic rings. The summed E-state index contributed by atoms with van der Waals surface area (Å²) < 4.78 is 5.24. The van der Waals surface area contributed by atoms with Gasteiger partial charge in [0.1, 0.15) is 16.1 Å². The third-order valence-electron chi connectivity index (χ3n) is 3.25. The predicted octanol–water partition coefficient (Wildman–Crippen LogP) is 3.54. The molecule has 17 heavy (non-hydrogen) atoms. The third kappa shape index (κ3) is 1.75. The average molecular weight is 269 g/mol. The van der Waals surface area contributed by atoms with Crippen molar-refractivity contribution in [1.82, 2.24) is 9.97 Å². The molecule has 2 aromatic heterocycles. The first-order valence-corrected chi connectivity index (χ1v) is 6.90. The lowest BCUT2D eigenvalue weighted by atomic mass is 10.2. The first kappa shape index (κ1) is 11.4. The van der Waals surface area contributed by atoms with E-state index in [4.69, 9.17) is 16.3 Å². The Bertz CT molecular complexity index is 581. The zero-order valence-corrected chi connectivity index (χ0v) is 11.4. The van der Waals surface area contributed by atoms with Crippen molar-refractivity contribution in [3.63, 3.8) is 0 Å². The normalized spacial score (nSPS) is 16.4. The van der Waals surface area contributed by atoms with E-state index in [1.165, 1.54) is 16.9 Å². The van der Waals surface area contributed by atoms with Gasteiger partial charge in [-0.25, -0.2) is 9.97 Å². The van der Waals surface area contributed by atoms with E-state index in [9.17, 15) is 0 Å². The highest BCUT2D eigenvalue weighted by Gasteiger charge is 2.22. The van der Waals surface area contributed by atoms with Crippen molar-refractivity contribution in [3.05, 3.63) is 21.4 Å². The molecule has 0 fully saturated rings. The van der Waals surface area contributed by atoms with Gasteiger partial charge in [0.2, 0.25) is 0 Å². The molecule has 0 bridgehead atoms. The van der Waals surface area contributed by atoms with E-state index in [1.54, 1.807) is 18.4 Å². The van der Waals surface area contributed by atoms with Crippen LogP contribution in [0.1, 0.15) is 35.7 Å². The van der Waals surface area contributed by atoms with E-state index in [-0.39, 0.29) is 6.10 Å². The lowest BCUT2D eigenvalue weighted by Crippen LogP contribution is -2.02. The summed E-state index contributed by atoms with van der Waals surface area (Å²) in [6.07, 6.45) is 3.37. The number of ether oxygens (including phenoxy) is 1. The van der Waals surface area contributed by atoms with E-state index < -0.39 is 0 Å². The molecule has 5 heteroatoms. The van der Waals surface area contributed by atoms with Crippen molar-refractivity contribution in [2.45, 2.75) is 32.3 Å². The summed E-state index contributed by atoms with van der Waals surface area (Å²) in [7, 11) is 1.65. The minimum absolute atomic E-state index is 0.117. The second-order valence-corrected chi connectivity index (χ2v) is 5.73. The molecule has 1 unspecified atom stereocenters. The average Bonchev–Trinajstić information content (AvgIpc) is 2.86. The van der Waals surface area contributed by atoms with Crippen molar-refractivity contribution in [3.8, 4) is 0 Å². The Balaban J connectivity index is 2.21. The molecule has 0 aliphatic heterocycles. The molecule has 1 aliphatic carbocycles. The van der Waals surface area contributed by atoms with E-state index in [1.807, 2.05) is 6.92 Å². The molecule has 0 aromatic carbocycles. The van der Waals surface area contributed by atoms with Crippen LogP contribution in [0.3, 0.4) is 0 Å². The maximum absolute atomic E-state index is 6.29. The molecule has 1 atom stereocenters. The predicted molar refractivity (Wildman–Crippen MR) is 69.9 cm³/mol. The molecule has 0 amide bonds. The fourth-order valence-corrected chi connectivity index (χ4v) is 3.87. The number of aromatic nitrogens is 2. The Labute approximate surface area is 109 Å². The second-order valence-electron chi connectivity index (χ2n) is 4.29. The van der Waals surface area contributed by atoms with Gasteiger partial charge in [-0.3, -0.25) is 0 Å². The van der Waals surface area contributed by atoms with Crippen LogP contribution in [-0.2, 0) is 17.6 Å². The van der Waals surface area contributed by atoms with Crippen molar-refractivity contribution >= 4 is 33.2 Å². The number of methoxy groups -OCH3 is 1. The van der Waals surface area contributed by atoms with Crippen molar-refractivity contribution in [2.24, 2.45) is 0 Å². The molecule has 3 rings (SSSR count). The number of fused-ring (bicyclic) bond motifs is 3. The summed E-state index contributed by atoms with van der Waals surface area (Å²) >= 11 is 8.04. The van der Waals surface area contributed by atoms with Crippen LogP contribution < -0.4 is 0 Å². The lowest BCUT2D eigenvalue weighted by molar-refractivity contribution is 0.112. The molecule has 0 saturated heterocycles. The van der Waals surface area contributed by atoms with Crippen molar-refractivity contribution in [2.75, 3.05) is 7.11 Å². The Hall–Kier alpha value is -0.710. The molecule has 0 spiro atoms. The number of thiophene rings is 1. The molecular formula is C12H13ClN2OS. The number of nitrogens with zero attached hydrogens (tertiary/aromatic N) is 2. The Morgan fingerprint density at radius 2 is 2.18 bits per heavy atom. The molecular weight excluding hydrogens is 256 g/mol. The Morgan fingerprint density at radius 3 is 2.94 bits per heavy atom. The molecule has 3 nitrogen and oxygen atoms in total. The van der Waals surface area contributed by atoms with Gasteiger partial charge in [0.05, 0.1) is 5.39 Å². The first-order chi connectivity index (χ1) is 8.20. The van der Waals surface area contributed by atoms with Gasteiger partial charge in [-0.1, -0.05) is 11.6 Å². The van der Waals surface area contributed by atoms with Crippen LogP contribution in [0.25, 0.3) is 10.2 Å². The maximum atomic E-state index is 6.29. The zero-order chi connectivity index (χ0) is 12.0. The minimum atomic E-state index is -0.117. The fraction of sp³-hybridized carbons (Fsp3) is 0.500. The Morgan fingerprint density at radius 1 is 1.35 bits per heavy atom. The molecule has 0 N–H and O–H groups in total. The van der Waals surface area contributed by atoms with Gasteiger partial charge in [0.15, 0.2) is 5.82 Å². The highest BCUT2D eigenvalue weighted by atomic mass is 35.5. The molecule has 0 saturated carbocycles. The number of rotatable bonds is 2. The van der Waals surface area contributed by atoms with Gasteiger partial charge in [-0.2, -0.15) is 0 Å². The van der Waals surface area contributed by atoms with Gasteiger partial charge in [-0.05, 0) is 31.7 Å². The van der Waals surface area contributed by atoms with Gasteiger partial charge in [0, 0.05) is 12.0 Å². The highest BCUT2D eigenvalue weighted by Crippen LogP contribution is 2.39. The fourth-order valence-electron chi connectivity index (χ4n) is 2.25. The third-order valence-corrected chi connectivity index (χ3v) is 4.71. The minimum Gasteiger partial charge on any atom is -0.374 e. The summed E-state index contributed by atoms with van der Waals surface area (Å²) in [6, 6.07) is 0. The van der Waals surface area contributed by atoms with E-state index in [0.717, 1.165) is 23.1 Å². The van der Waals surface area contributed by atoms with Crippen LogP contribution in [0.15, 0.2) is 0 Å². The number of hydrogen-bond acceptors (Lipinski definition) is 4. The molecule has 90 valence electrons. The van der Waals surface area contributed by atoms with E-state index in [0.29, 0.717) is 11.0 Å². The standard InChI is InChI=1S/C12H13ClN2OS/c1-6(16-2)11-14-10(13)9-7-4-3-5-8(7)17-12(9)15-11/h6H,3-5H2,1-2H3. The lowest BCUT2D eigenvalue weighted by Gasteiger charge is -2.08. The van der Waals surface area contributed by atoms with Crippen LogP contribution in [0.5, 0.6) is 0 Å². The smallest absolute Gasteiger partial charge is 0.160 e. The SMILES string of the molecule is COC(C)c1nc(Cl)c2c3c(sc2n1)CCC3. The van der Waals surface area contributed by atoms with Crippen molar-refractivity contribution < 1.29 is 4.74 Å². The number of aryl methyl sites for hydroxylation is 2. The van der Waals surface area contributed by atoms with Gasteiger partial charge in [0.25, 0.3) is 0 Å². The van der Waals surface area contributed by atoms with Crippen LogP contribution >= 0.6 is 22.9 Å². The summed E-state index contributed by atoms with van der Waals surface area (Å²) in [5.74, 6) is 0.671. The zero-order valence-electron chi connectivity index (χ0n) is 9.79. The second kappa shape index (κ2) is 4.19. The summed E-state index contributed by atoms with van der Waals surface area (Å²) in [5, 5.41) is 1.64. The molecule has 0 radical (unpaired) electrons. The first-order valence-electron chi connectivity index (χ1n) is 5.71. The summed E-state index contributed by atoms with van der Waals surface area (Å²) in [5.41, 5.74) is 1.37. The molecule has 1 aliphatic rings. The van der Waals surface area contributed by atoms with E-state index in [2.05, 4.69) is 9.97 Å². The van der Waals surface area contributed by atoms with Crippen LogP contribution in [0.4, 0.5) is 0 Å². The quantitative estimate of drug-likeness (QED) is 0.782. The monoisotopic (exact) mass is 268 g/mol. The number of halogens is 1. The van der Waals surface area contributed by atoms with Crippen LogP contribution in [-0.4, -0.2) is 17.1 Å². The summed E-state index contributed by atoms with van der Waals surface area (Å²) in [4.78, 5) is 11.4. The van der Waals surface area contributed by atoms with Crippen LogP contribution in [0, 0.1) is 0 Å². The Kier molecular flexibility index (Phi) is 2.81. The van der Waals surface area contributed by atoms with Gasteiger partial charge >= 0.3 is 0 Å². The topological polar surface area (TPSA) is 35.0 Å². The van der Waals surface area contributed by atoms with Gasteiger partial charge in [-0.15, -0.1) is 11.3 Å². The largest absolute Gasteiger partial charge is 0.374 e. The van der Waals surface area contributed by atoms with Crippen LogP contribution in [0.2, 0.25) is 5.15 Å². The van der Waals surface area contributed by atoms with Gasteiger partial charge < -0.3 is 4.74 Å². The summed E-state index contributed by atoms with van der Waals surface area (Å²) in [6.45, 7) is 1.93. The van der Waals surface area contributed by atoms with Crippen molar-refractivity contribution in [1.29, 1.82) is 0 Å². The highest BCUT2D eigenvalue weighted by molar-refractivity contribution is 7.19. The number of hydrogen-bond donors (Lipinski definition) is 0. The molecule has 2 heterocycles. The maximum Gasteiger partial charge on any atom is 0.160 e.